The van der Waals surface area contributed by atoms with Crippen LogP contribution in [0.15, 0.2) is 0 Å². The molecule has 0 aromatic heterocycles. The Bertz CT molecular complexity index is 826. The van der Waals surface area contributed by atoms with Crippen LogP contribution in [-0.4, -0.2) is 154 Å². The van der Waals surface area contributed by atoms with Crippen molar-refractivity contribution in [1.82, 2.24) is 0 Å². The second kappa shape index (κ2) is 60.4. The van der Waals surface area contributed by atoms with Crippen molar-refractivity contribution in [2.45, 2.75) is 111 Å². The average Bonchev–Trinajstić information content (AvgIpc) is 3.01. The minimum absolute atomic E-state index is 0. The molecule has 0 bridgehead atoms. The zero-order valence-electron chi connectivity index (χ0n) is 35.5. The number of hydrogen-bond acceptors (Lipinski definition) is 20. The Hall–Kier alpha value is 20.3. The number of rotatable bonds is 8. The normalized spacial score (nSPS) is 38.0. The van der Waals surface area contributed by atoms with Gasteiger partial charge in [-0.25, -0.2) is 0 Å². The molecule has 4 heterocycles. The Labute approximate surface area is 877 Å². The fourth-order valence-electron chi connectivity index (χ4n) is 4.47. The van der Waals surface area contributed by atoms with Crippen molar-refractivity contribution >= 4 is 45.2 Å². The Kier molecular flexibility index (Phi) is 111. The van der Waals surface area contributed by atoms with Gasteiger partial charge in [0.25, 0.3) is 0 Å². The maximum absolute atomic E-state index is 11.9. The fourth-order valence-corrected chi connectivity index (χ4v) is 5.68. The van der Waals surface area contributed by atoms with Gasteiger partial charge in [0.2, 0.25) is 0 Å². The number of aliphatic hydroxyl groups excluding tert-OH is 2. The SMILES string of the molecule is [K+].[K+].[K+].[K+].[K+].[K+].[K+].[K+].[K+].[K+].[K+].[K+].[O-][C@@H]1[C@@H]([O-])[C@@H](O[C@H]2O[C@H](CI)[CH-][C@H]([O-])[C@H]2[O-])O[C@H](CI)[C@H]1[O-].[O-][C@@H]1[C@@H]([O-])[C@@H](O[C@H]2O[C@H](CO)[CH-][C@H]([O-])[C@H]2[O-])O[C@H](CO)[C@H]1[O-].[OH-].[OH-]. The van der Waals surface area contributed by atoms with Crippen LogP contribution in [0, 0.1) is 12.8 Å². The summed E-state index contributed by atoms with van der Waals surface area (Å²) in [6, 6.07) is 0. The minimum atomic E-state index is -2.15. The first-order valence-electron chi connectivity index (χ1n) is 13.3. The molecule has 0 amide bonds. The first kappa shape index (κ1) is 106. The van der Waals surface area contributed by atoms with Crippen molar-refractivity contribution in [3.8, 4) is 0 Å². The van der Waals surface area contributed by atoms with E-state index >= 15 is 0 Å². The average molecular weight is 1360 g/mol. The van der Waals surface area contributed by atoms with E-state index < -0.39 is 124 Å². The zero-order chi connectivity index (χ0) is 32.9. The molecule has 0 radical (unpaired) electrons. The maximum atomic E-state index is 11.9. The predicted molar refractivity (Wildman–Crippen MR) is 139 cm³/mol. The van der Waals surface area contributed by atoms with E-state index in [-0.39, 0.29) is 632 Å². The van der Waals surface area contributed by atoms with Crippen LogP contribution in [0.2, 0.25) is 0 Å². The van der Waals surface area contributed by atoms with Gasteiger partial charge in [0.05, 0.1) is 18.8 Å². The number of alkyl halides is 2. The Morgan fingerprint density at radius 1 is 0.397 bits per heavy atom. The van der Waals surface area contributed by atoms with Crippen LogP contribution < -0.4 is 668 Å². The molecule has 4 saturated heterocycles. The summed E-state index contributed by atoms with van der Waals surface area (Å²) >= 11 is 3.85. The third kappa shape index (κ3) is 36.9. The van der Waals surface area contributed by atoms with E-state index in [2.05, 4.69) is 0 Å². The Morgan fingerprint density at radius 2 is 0.707 bits per heavy atom. The van der Waals surface area contributed by atoms with Gasteiger partial charge in [-0.15, -0.1) is 36.6 Å². The molecule has 34 heteroatoms. The summed E-state index contributed by atoms with van der Waals surface area (Å²) in [4.78, 5) is 0. The zero-order valence-corrected chi connectivity index (χ0v) is 77.2. The summed E-state index contributed by atoms with van der Waals surface area (Å²) in [6.07, 6.45) is -27.2. The first-order chi connectivity index (χ1) is 20.8. The molecule has 4 fully saturated rings. The molecular formula is C24H32I2K12O20-2. The van der Waals surface area contributed by atoms with Gasteiger partial charge >= 0.3 is 617 Å². The van der Waals surface area contributed by atoms with Crippen molar-refractivity contribution in [2.75, 3.05) is 22.1 Å². The summed E-state index contributed by atoms with van der Waals surface area (Å²) in [5, 5.41) is 135. The third-order valence-electron chi connectivity index (χ3n) is 6.99. The van der Waals surface area contributed by atoms with Crippen molar-refractivity contribution in [3.05, 3.63) is 12.8 Å². The summed E-state index contributed by atoms with van der Waals surface area (Å²) in [7, 11) is 0. The van der Waals surface area contributed by atoms with Crippen LogP contribution in [0.1, 0.15) is 0 Å². The smallest absolute Gasteiger partial charge is 0.876 e. The van der Waals surface area contributed by atoms with E-state index in [1.54, 1.807) is 0 Å². The topological polar surface area (TPSA) is 386 Å². The molecule has 4 aliphatic rings. The van der Waals surface area contributed by atoms with E-state index in [1.165, 1.54) is 6.42 Å². The van der Waals surface area contributed by atoms with E-state index in [1.807, 2.05) is 45.2 Å². The quantitative estimate of drug-likeness (QED) is 0.0986. The van der Waals surface area contributed by atoms with E-state index in [0.717, 1.165) is 6.42 Å². The van der Waals surface area contributed by atoms with Crippen molar-refractivity contribution in [2.24, 2.45) is 0 Å². The van der Waals surface area contributed by atoms with Crippen molar-refractivity contribution < 1.29 is 717 Å². The standard InChI is InChI=1S/C12H14I2O8.C12H16O10.12K.2H2O/c2*13-2-4-1-5(15)7(16)11(20-4)22-12-10(19)9(18)8(17)6(3-14)21-12;;;;;;;;;;;;;;/h1,4-12H,2-3H2;1,4-14H,2-3H2;;;;;;;;;;;;;2*1H2/q2*-6;12*+1;;/p-2/t2*4-,5-,6+,7+,8+,9-,10+,11+,12+;;;;;;;;;;;;;;/m00............../s1. The molecule has 276 valence electrons. The van der Waals surface area contributed by atoms with Gasteiger partial charge in [-0.1, -0.05) is 63.5 Å². The molecule has 0 unspecified atom stereocenters. The Morgan fingerprint density at radius 3 is 1.03 bits per heavy atom. The van der Waals surface area contributed by atoms with E-state index in [9.17, 15) is 51.1 Å². The molecule has 58 heavy (non-hydrogen) atoms. The molecular weight excluding hydrogens is 1330 g/mol. The van der Waals surface area contributed by atoms with E-state index in [4.69, 9.17) is 38.6 Å². The number of hydrogen-bond donors (Lipinski definition) is 2. The molecule has 0 aromatic rings. The maximum Gasteiger partial charge on any atom is 1.00 e. The van der Waals surface area contributed by atoms with Gasteiger partial charge in [-0.05, 0) is 10.5 Å². The molecule has 18 atom stereocenters. The molecule has 0 saturated carbocycles. The van der Waals surface area contributed by atoms with Gasteiger partial charge in [0, 0.05) is 11.0 Å². The van der Waals surface area contributed by atoms with Crippen LogP contribution >= 0.6 is 45.2 Å². The largest absolute Gasteiger partial charge is 1.00 e. The van der Waals surface area contributed by atoms with Gasteiger partial charge < -0.3 is 113 Å². The molecule has 0 aromatic carbocycles. The van der Waals surface area contributed by atoms with Crippen LogP contribution in [0.25, 0.3) is 0 Å². The van der Waals surface area contributed by atoms with Crippen LogP contribution in [0.3, 0.4) is 0 Å². The summed E-state index contributed by atoms with van der Waals surface area (Å²) in [6.45, 7) is -1.35. The number of ether oxygens (including phenoxy) is 6. The van der Waals surface area contributed by atoms with Gasteiger partial charge in [0.15, 0.2) is 0 Å². The molecule has 4 N–H and O–H groups in total. The van der Waals surface area contributed by atoms with Crippen LogP contribution in [0.4, 0.5) is 0 Å². The summed E-state index contributed by atoms with van der Waals surface area (Å²) < 4.78 is 31.2. The predicted octanol–water partition coefficient (Wildman–Crippen LogP) is -48.8. The molecule has 4 rings (SSSR count). The van der Waals surface area contributed by atoms with Crippen molar-refractivity contribution in [3.63, 3.8) is 0 Å². The summed E-state index contributed by atoms with van der Waals surface area (Å²) in [5.74, 6) is 0. The third-order valence-corrected chi connectivity index (χ3v) is 8.73. The second-order valence-electron chi connectivity index (χ2n) is 10.1. The second-order valence-corrected chi connectivity index (χ2v) is 11.9. The fraction of sp³-hybridized carbons (Fsp3) is 0.917. The monoisotopic (exact) mass is 1360 g/mol. The molecule has 20 nitrogen and oxygen atoms in total. The van der Waals surface area contributed by atoms with Gasteiger partial charge in [-0.2, -0.15) is 0 Å². The molecule has 4 aliphatic heterocycles. The van der Waals surface area contributed by atoms with Crippen molar-refractivity contribution in [1.29, 1.82) is 0 Å². The first-order valence-corrected chi connectivity index (χ1v) is 16.4. The molecule has 0 aliphatic carbocycles. The van der Waals surface area contributed by atoms with Gasteiger partial charge in [0.1, 0.15) is 25.2 Å². The number of halogens is 2. The van der Waals surface area contributed by atoms with Gasteiger partial charge in [-0.3, -0.25) is 12.2 Å². The minimum Gasteiger partial charge on any atom is -0.876 e. The number of aliphatic hydroxyl groups is 2. The molecule has 0 spiro atoms. The van der Waals surface area contributed by atoms with E-state index in [0.29, 0.717) is 4.43 Å². The Balaban J connectivity index is -0.0000000588. The van der Waals surface area contributed by atoms with Crippen LogP contribution in [0.5, 0.6) is 0 Å². The summed E-state index contributed by atoms with van der Waals surface area (Å²) in [5.41, 5.74) is 0. The van der Waals surface area contributed by atoms with Crippen LogP contribution in [-0.2, 0) is 28.4 Å².